The highest BCUT2D eigenvalue weighted by atomic mass is 32.2. The summed E-state index contributed by atoms with van der Waals surface area (Å²) in [6.45, 7) is -0.651. The van der Waals surface area contributed by atoms with Crippen molar-refractivity contribution in [3.8, 4) is 5.75 Å². The number of sulfonamides is 1. The molecule has 0 saturated heterocycles. The Morgan fingerprint density at radius 1 is 1.12 bits per heavy atom. The number of esters is 1. The quantitative estimate of drug-likeness (QED) is 0.580. The van der Waals surface area contributed by atoms with E-state index >= 15 is 0 Å². The number of methoxy groups -OCH3 is 1. The molecule has 0 fully saturated rings. The maximum absolute atomic E-state index is 13.9. The van der Waals surface area contributed by atoms with E-state index in [1.807, 2.05) is 0 Å². The summed E-state index contributed by atoms with van der Waals surface area (Å²) in [6.07, 6.45) is 0. The monoisotopic (exact) mass is 381 g/mol. The maximum atomic E-state index is 13.9. The molecule has 2 aromatic carbocycles. The Balaban J connectivity index is 2.18. The highest BCUT2D eigenvalue weighted by molar-refractivity contribution is 7.89. The number of ketones is 1. The van der Waals surface area contributed by atoms with Crippen LogP contribution < -0.4 is 9.46 Å². The van der Waals surface area contributed by atoms with Crippen LogP contribution in [0.5, 0.6) is 5.75 Å². The van der Waals surface area contributed by atoms with Gasteiger partial charge in [0.25, 0.3) is 0 Å². The third-order valence-corrected chi connectivity index (χ3v) is 4.89. The summed E-state index contributed by atoms with van der Waals surface area (Å²) in [5.74, 6) is -2.36. The molecule has 0 saturated carbocycles. The molecule has 1 N–H and O–H groups in total. The van der Waals surface area contributed by atoms with E-state index in [9.17, 15) is 22.4 Å². The number of halogens is 1. The van der Waals surface area contributed by atoms with Crippen LogP contribution >= 0.6 is 0 Å². The third-order valence-electron chi connectivity index (χ3n) is 3.48. The van der Waals surface area contributed by atoms with E-state index in [2.05, 4.69) is 4.72 Å². The van der Waals surface area contributed by atoms with E-state index in [1.54, 1.807) is 18.2 Å². The molecular weight excluding hydrogens is 365 g/mol. The Labute approximate surface area is 149 Å². The van der Waals surface area contributed by atoms with Gasteiger partial charge in [-0.2, -0.15) is 0 Å². The van der Waals surface area contributed by atoms with Gasteiger partial charge in [-0.05, 0) is 37.4 Å². The molecule has 9 heteroatoms. The Morgan fingerprint density at radius 2 is 1.81 bits per heavy atom. The number of rotatable bonds is 7. The van der Waals surface area contributed by atoms with Gasteiger partial charge in [-0.25, -0.2) is 22.3 Å². The van der Waals surface area contributed by atoms with Crippen LogP contribution in [0.15, 0.2) is 47.4 Å². The summed E-state index contributed by atoms with van der Waals surface area (Å²) in [6, 6.07) is 9.04. The average Bonchev–Trinajstić information content (AvgIpc) is 2.65. The largest absolute Gasteiger partial charge is 0.496 e. The van der Waals surface area contributed by atoms with Gasteiger partial charge in [0.15, 0.2) is 6.61 Å². The predicted molar refractivity (Wildman–Crippen MR) is 90.3 cm³/mol. The van der Waals surface area contributed by atoms with Crippen LogP contribution in [0.1, 0.15) is 20.7 Å². The van der Waals surface area contributed by atoms with Crippen molar-refractivity contribution < 1.29 is 31.9 Å². The first-order valence-corrected chi connectivity index (χ1v) is 8.85. The molecule has 0 heterocycles. The molecule has 2 aromatic rings. The number of hydrogen-bond acceptors (Lipinski definition) is 6. The van der Waals surface area contributed by atoms with Gasteiger partial charge < -0.3 is 9.47 Å². The lowest BCUT2D eigenvalue weighted by Gasteiger charge is -2.09. The SMILES string of the molecule is CNS(=O)(=O)c1ccc(F)c(C(=O)OCC(=O)c2ccccc2OC)c1. The van der Waals surface area contributed by atoms with Crippen LogP contribution in [-0.4, -0.2) is 40.9 Å². The Hall–Kier alpha value is -2.78. The standard InChI is InChI=1S/C17H16FNO6S/c1-19-26(22,23)11-7-8-14(18)13(9-11)17(21)25-10-15(20)12-5-3-4-6-16(12)24-2/h3-9,19H,10H2,1-2H3. The van der Waals surface area contributed by atoms with Crippen LogP contribution in [0.4, 0.5) is 4.39 Å². The van der Waals surface area contributed by atoms with Crippen LogP contribution in [0.25, 0.3) is 0 Å². The second-order valence-corrected chi connectivity index (χ2v) is 6.94. The van der Waals surface area contributed by atoms with Gasteiger partial charge in [0, 0.05) is 0 Å². The highest BCUT2D eigenvalue weighted by Crippen LogP contribution is 2.19. The van der Waals surface area contributed by atoms with Crippen molar-refractivity contribution in [2.24, 2.45) is 0 Å². The fourth-order valence-electron chi connectivity index (χ4n) is 2.11. The Bertz CT molecular complexity index is 942. The zero-order valence-electron chi connectivity index (χ0n) is 14.0. The molecule has 0 radical (unpaired) electrons. The van der Waals surface area contributed by atoms with E-state index in [0.29, 0.717) is 5.75 Å². The van der Waals surface area contributed by atoms with E-state index in [4.69, 9.17) is 9.47 Å². The van der Waals surface area contributed by atoms with Gasteiger partial charge in [-0.3, -0.25) is 4.79 Å². The van der Waals surface area contributed by atoms with Crippen molar-refractivity contribution in [1.29, 1.82) is 0 Å². The second-order valence-electron chi connectivity index (χ2n) is 5.05. The number of carbonyl (C=O) groups excluding carboxylic acids is 2. The first-order chi connectivity index (χ1) is 12.3. The summed E-state index contributed by atoms with van der Waals surface area (Å²) >= 11 is 0. The van der Waals surface area contributed by atoms with Crippen molar-refractivity contribution >= 4 is 21.8 Å². The summed E-state index contributed by atoms with van der Waals surface area (Å²) < 4.78 is 49.3. The number of carbonyl (C=O) groups is 2. The minimum absolute atomic E-state index is 0.204. The number of para-hydroxylation sites is 1. The summed E-state index contributed by atoms with van der Waals surface area (Å²) in [5, 5.41) is 0. The lowest BCUT2D eigenvalue weighted by Crippen LogP contribution is -2.20. The number of nitrogens with one attached hydrogen (secondary N) is 1. The average molecular weight is 381 g/mol. The van der Waals surface area contributed by atoms with Gasteiger partial charge in [0.05, 0.1) is 23.1 Å². The molecular formula is C17H16FNO6S. The molecule has 0 amide bonds. The number of hydrogen-bond donors (Lipinski definition) is 1. The Kier molecular flexibility index (Phi) is 6.06. The molecule has 7 nitrogen and oxygen atoms in total. The fraction of sp³-hybridized carbons (Fsp3) is 0.176. The van der Waals surface area contributed by atoms with E-state index in [-0.39, 0.29) is 10.5 Å². The third kappa shape index (κ3) is 4.24. The van der Waals surface area contributed by atoms with Crippen molar-refractivity contribution in [3.63, 3.8) is 0 Å². The van der Waals surface area contributed by atoms with Gasteiger partial charge in [0.1, 0.15) is 11.6 Å². The van der Waals surface area contributed by atoms with Crippen molar-refractivity contribution in [1.82, 2.24) is 4.72 Å². The molecule has 0 atom stereocenters. The first-order valence-electron chi connectivity index (χ1n) is 7.36. The molecule has 0 aromatic heterocycles. The summed E-state index contributed by atoms with van der Waals surface area (Å²) in [5.41, 5.74) is -0.385. The van der Waals surface area contributed by atoms with E-state index in [0.717, 1.165) is 18.2 Å². The van der Waals surface area contributed by atoms with Crippen LogP contribution in [0.2, 0.25) is 0 Å². The highest BCUT2D eigenvalue weighted by Gasteiger charge is 2.21. The minimum atomic E-state index is -3.86. The Morgan fingerprint density at radius 3 is 2.46 bits per heavy atom. The van der Waals surface area contributed by atoms with Gasteiger partial charge in [-0.15, -0.1) is 0 Å². The lowest BCUT2D eigenvalue weighted by atomic mass is 10.1. The van der Waals surface area contributed by atoms with Crippen LogP contribution in [-0.2, 0) is 14.8 Å². The van der Waals surface area contributed by atoms with Crippen molar-refractivity contribution in [3.05, 3.63) is 59.4 Å². The maximum Gasteiger partial charge on any atom is 0.341 e. The van der Waals surface area contributed by atoms with Crippen molar-refractivity contribution in [2.45, 2.75) is 4.90 Å². The molecule has 0 aliphatic heterocycles. The zero-order valence-corrected chi connectivity index (χ0v) is 14.8. The fourth-order valence-corrected chi connectivity index (χ4v) is 2.86. The van der Waals surface area contributed by atoms with Gasteiger partial charge in [0.2, 0.25) is 15.8 Å². The zero-order chi connectivity index (χ0) is 19.3. The molecule has 138 valence electrons. The number of ether oxygens (including phenoxy) is 2. The van der Waals surface area contributed by atoms with Crippen molar-refractivity contribution in [2.75, 3.05) is 20.8 Å². The van der Waals surface area contributed by atoms with E-state index < -0.39 is 39.8 Å². The van der Waals surface area contributed by atoms with E-state index in [1.165, 1.54) is 20.2 Å². The molecule has 26 heavy (non-hydrogen) atoms. The molecule has 0 bridgehead atoms. The number of benzene rings is 2. The second kappa shape index (κ2) is 8.07. The molecule has 2 rings (SSSR count). The first kappa shape index (κ1) is 19.5. The van der Waals surface area contributed by atoms with Gasteiger partial charge >= 0.3 is 5.97 Å². The molecule has 0 spiro atoms. The van der Waals surface area contributed by atoms with Gasteiger partial charge in [-0.1, -0.05) is 12.1 Å². The smallest absolute Gasteiger partial charge is 0.341 e. The van der Waals surface area contributed by atoms with Crippen LogP contribution in [0, 0.1) is 5.82 Å². The topological polar surface area (TPSA) is 98.8 Å². The summed E-state index contributed by atoms with van der Waals surface area (Å²) in [4.78, 5) is 23.9. The lowest BCUT2D eigenvalue weighted by molar-refractivity contribution is 0.0469. The molecule has 0 aliphatic rings. The summed E-state index contributed by atoms with van der Waals surface area (Å²) in [7, 11) is -1.29. The molecule has 0 unspecified atom stereocenters. The minimum Gasteiger partial charge on any atom is -0.496 e. The predicted octanol–water partition coefficient (Wildman–Crippen LogP) is 1.78. The van der Waals surface area contributed by atoms with Crippen LogP contribution in [0.3, 0.4) is 0 Å². The number of Topliss-reactive ketones (excluding diaryl/α,β-unsaturated/α-hetero) is 1. The molecule has 0 aliphatic carbocycles. The normalized spacial score (nSPS) is 11.0.